The van der Waals surface area contributed by atoms with Crippen LogP contribution < -0.4 is 9.84 Å². The van der Waals surface area contributed by atoms with Crippen LogP contribution in [0.25, 0.3) is 0 Å². The van der Waals surface area contributed by atoms with Crippen LogP contribution in [0.15, 0.2) is 24.3 Å². The van der Waals surface area contributed by atoms with Gasteiger partial charge in [-0.1, -0.05) is 18.2 Å². The van der Waals surface area contributed by atoms with Gasteiger partial charge in [-0.25, -0.2) is 0 Å². The maximum atomic E-state index is 11.3. The van der Waals surface area contributed by atoms with E-state index in [4.69, 9.17) is 9.47 Å². The van der Waals surface area contributed by atoms with E-state index in [1.165, 1.54) is 0 Å². The predicted octanol–water partition coefficient (Wildman–Crippen LogP) is 1.66. The number of aliphatic carboxylic acids is 1. The summed E-state index contributed by atoms with van der Waals surface area (Å²) in [5.74, 6) is -0.306. The molecule has 1 heterocycles. The molecule has 1 aromatic carbocycles. The number of benzene rings is 1. The third kappa shape index (κ3) is 2.96. The molecule has 1 atom stereocenters. The van der Waals surface area contributed by atoms with Crippen LogP contribution in [0, 0.1) is 0 Å². The fourth-order valence-corrected chi connectivity index (χ4v) is 3.31. The largest absolute Gasteiger partial charge is 0.550 e. The van der Waals surface area contributed by atoms with Crippen molar-refractivity contribution in [2.24, 2.45) is 0 Å². The number of carboxylic acid groups (broad SMARTS) is 1. The highest BCUT2D eigenvalue weighted by Gasteiger charge is 2.43. The van der Waals surface area contributed by atoms with Gasteiger partial charge in [0.2, 0.25) is 0 Å². The molecule has 110 valence electrons. The maximum Gasteiger partial charge on any atom is 0.122 e. The molecule has 0 N–H and O–H groups in total. The molecule has 0 unspecified atom stereocenters. The van der Waals surface area contributed by atoms with Crippen molar-refractivity contribution in [1.82, 2.24) is 0 Å². The van der Waals surface area contributed by atoms with Gasteiger partial charge in [-0.3, -0.25) is 0 Å². The van der Waals surface area contributed by atoms with Crippen molar-refractivity contribution in [3.63, 3.8) is 0 Å². The number of carbonyl (C=O) groups is 1. The summed E-state index contributed by atoms with van der Waals surface area (Å²) in [6.45, 7) is 4.52. The molecular weight excluding hydrogens is 256 g/mol. The Kier molecular flexibility index (Phi) is 4.04. The highest BCUT2D eigenvalue weighted by Crippen LogP contribution is 2.46. The summed E-state index contributed by atoms with van der Waals surface area (Å²) in [7, 11) is 1.61. The number of hydrogen-bond acceptors (Lipinski definition) is 4. The zero-order chi connectivity index (χ0) is 14.8. The minimum absolute atomic E-state index is 0.0137. The van der Waals surface area contributed by atoms with Crippen molar-refractivity contribution >= 4 is 5.97 Å². The average molecular weight is 277 g/mol. The highest BCUT2D eigenvalue weighted by atomic mass is 16.5. The molecule has 1 fully saturated rings. The Hall–Kier alpha value is -1.55. The zero-order valence-corrected chi connectivity index (χ0v) is 12.3. The summed E-state index contributed by atoms with van der Waals surface area (Å²) in [6, 6.07) is 7.62. The number of carbonyl (C=O) groups excluding carboxylic acids is 1. The molecule has 0 radical (unpaired) electrons. The monoisotopic (exact) mass is 277 g/mol. The SMILES string of the molecule is COc1ccccc1[C@@]1(CC(=O)[O-])CCOC(C)(C)C1. The molecule has 2 rings (SSSR count). The Labute approximate surface area is 119 Å². The minimum Gasteiger partial charge on any atom is -0.550 e. The van der Waals surface area contributed by atoms with E-state index >= 15 is 0 Å². The van der Waals surface area contributed by atoms with Crippen LogP contribution in [-0.2, 0) is 14.9 Å². The van der Waals surface area contributed by atoms with Crippen LogP contribution >= 0.6 is 0 Å². The van der Waals surface area contributed by atoms with E-state index in [-0.39, 0.29) is 12.0 Å². The van der Waals surface area contributed by atoms with E-state index in [1.54, 1.807) is 7.11 Å². The number of rotatable bonds is 4. The van der Waals surface area contributed by atoms with Crippen molar-refractivity contribution in [2.75, 3.05) is 13.7 Å². The lowest BCUT2D eigenvalue weighted by Crippen LogP contribution is -2.47. The fourth-order valence-electron chi connectivity index (χ4n) is 3.31. The van der Waals surface area contributed by atoms with Crippen molar-refractivity contribution in [1.29, 1.82) is 0 Å². The van der Waals surface area contributed by atoms with Gasteiger partial charge in [0.05, 0.1) is 12.7 Å². The minimum atomic E-state index is -1.03. The molecule has 0 aliphatic carbocycles. The number of methoxy groups -OCH3 is 1. The Balaban J connectivity index is 2.49. The van der Waals surface area contributed by atoms with Gasteiger partial charge in [-0.05, 0) is 39.2 Å². The van der Waals surface area contributed by atoms with Gasteiger partial charge in [0, 0.05) is 23.6 Å². The van der Waals surface area contributed by atoms with Gasteiger partial charge < -0.3 is 19.4 Å². The van der Waals surface area contributed by atoms with E-state index in [9.17, 15) is 9.90 Å². The van der Waals surface area contributed by atoms with Crippen molar-refractivity contribution in [3.8, 4) is 5.75 Å². The number of hydrogen-bond donors (Lipinski definition) is 0. The van der Waals surface area contributed by atoms with E-state index in [1.807, 2.05) is 38.1 Å². The maximum absolute atomic E-state index is 11.3. The number of carboxylic acids is 1. The zero-order valence-electron chi connectivity index (χ0n) is 12.3. The molecule has 1 saturated heterocycles. The first-order valence-electron chi connectivity index (χ1n) is 6.86. The van der Waals surface area contributed by atoms with E-state index in [2.05, 4.69) is 0 Å². The molecular formula is C16H21O4-. The Morgan fingerprint density at radius 3 is 2.70 bits per heavy atom. The standard InChI is InChI=1S/C16H22O4/c1-15(2)11-16(8-9-20-15,10-14(17)18)12-6-4-5-7-13(12)19-3/h4-7H,8-11H2,1-3H3,(H,17,18)/p-1/t16-/m1/s1. The highest BCUT2D eigenvalue weighted by molar-refractivity contribution is 5.67. The van der Waals surface area contributed by atoms with E-state index in [0.29, 0.717) is 19.4 Å². The lowest BCUT2D eigenvalue weighted by molar-refractivity contribution is -0.308. The van der Waals surface area contributed by atoms with Crippen LogP contribution in [0.4, 0.5) is 0 Å². The van der Waals surface area contributed by atoms with Crippen molar-refractivity contribution in [2.45, 2.75) is 44.1 Å². The smallest absolute Gasteiger partial charge is 0.122 e. The topological polar surface area (TPSA) is 58.6 Å². The van der Waals surface area contributed by atoms with Crippen molar-refractivity contribution in [3.05, 3.63) is 29.8 Å². The Morgan fingerprint density at radius 1 is 1.40 bits per heavy atom. The van der Waals surface area contributed by atoms with Crippen LogP contribution in [-0.4, -0.2) is 25.3 Å². The molecule has 4 nitrogen and oxygen atoms in total. The first-order chi connectivity index (χ1) is 9.38. The number of para-hydroxylation sites is 1. The van der Waals surface area contributed by atoms with Gasteiger partial charge >= 0.3 is 0 Å². The van der Waals surface area contributed by atoms with Crippen molar-refractivity contribution < 1.29 is 19.4 Å². The summed E-state index contributed by atoms with van der Waals surface area (Å²) in [5.41, 5.74) is 0.0879. The average Bonchev–Trinajstić information content (AvgIpc) is 2.36. The molecule has 1 aliphatic rings. The van der Waals surface area contributed by atoms with Crippen LogP contribution in [0.1, 0.15) is 38.7 Å². The fraction of sp³-hybridized carbons (Fsp3) is 0.562. The normalized spacial score (nSPS) is 25.1. The lowest BCUT2D eigenvalue weighted by Gasteiger charge is -2.46. The third-order valence-electron chi connectivity index (χ3n) is 4.00. The summed E-state index contributed by atoms with van der Waals surface area (Å²) < 4.78 is 11.2. The third-order valence-corrected chi connectivity index (χ3v) is 4.00. The molecule has 0 aromatic heterocycles. The van der Waals surface area contributed by atoms with Gasteiger partial charge in [0.1, 0.15) is 5.75 Å². The second-order valence-electron chi connectivity index (χ2n) is 6.06. The Morgan fingerprint density at radius 2 is 2.10 bits per heavy atom. The van der Waals surface area contributed by atoms with Crippen LogP contribution in [0.2, 0.25) is 0 Å². The molecule has 1 aromatic rings. The molecule has 1 aliphatic heterocycles. The summed E-state index contributed by atoms with van der Waals surface area (Å²) >= 11 is 0. The second-order valence-corrected chi connectivity index (χ2v) is 6.06. The first-order valence-corrected chi connectivity index (χ1v) is 6.86. The molecule has 0 saturated carbocycles. The van der Waals surface area contributed by atoms with Gasteiger partial charge in [-0.15, -0.1) is 0 Å². The van der Waals surface area contributed by atoms with E-state index < -0.39 is 11.4 Å². The van der Waals surface area contributed by atoms with Gasteiger partial charge in [0.15, 0.2) is 0 Å². The van der Waals surface area contributed by atoms with Gasteiger partial charge in [-0.2, -0.15) is 0 Å². The summed E-state index contributed by atoms with van der Waals surface area (Å²) in [6.07, 6.45) is 1.28. The Bertz CT molecular complexity index is 495. The van der Waals surface area contributed by atoms with Gasteiger partial charge in [0.25, 0.3) is 0 Å². The summed E-state index contributed by atoms with van der Waals surface area (Å²) in [5, 5.41) is 11.3. The molecule has 20 heavy (non-hydrogen) atoms. The van der Waals surface area contributed by atoms with Crippen LogP contribution in [0.5, 0.6) is 5.75 Å². The molecule has 0 bridgehead atoms. The predicted molar refractivity (Wildman–Crippen MR) is 73.6 cm³/mol. The number of ether oxygens (including phenoxy) is 2. The quantitative estimate of drug-likeness (QED) is 0.840. The lowest BCUT2D eigenvalue weighted by atomic mass is 9.67. The molecule has 4 heteroatoms. The molecule has 0 spiro atoms. The molecule has 0 amide bonds. The van der Waals surface area contributed by atoms with E-state index in [0.717, 1.165) is 11.3 Å². The second kappa shape index (κ2) is 5.44. The van der Waals surface area contributed by atoms with Crippen LogP contribution in [0.3, 0.4) is 0 Å². The summed E-state index contributed by atoms with van der Waals surface area (Å²) in [4.78, 5) is 11.3. The first kappa shape index (κ1) is 14.9.